The molecule has 1 unspecified atom stereocenters. The Hall–Kier alpha value is 1.07. The van der Waals surface area contributed by atoms with Gasteiger partial charge in [-0.1, -0.05) is 46.4 Å². The van der Waals surface area contributed by atoms with Crippen LogP contribution in [0, 0.1) is 0 Å². The van der Waals surface area contributed by atoms with E-state index in [1.807, 2.05) is 0 Å². The molecule has 0 fully saturated rings. The SMILES string of the molecule is CCOC(=O)C(N)CC(Cl)(Cl)C(Cl)(Cl)Br. The molecule has 0 aromatic carbocycles. The Balaban J connectivity index is 4.40. The Labute approximate surface area is 117 Å². The minimum atomic E-state index is -1.59. The van der Waals surface area contributed by atoms with Gasteiger partial charge in [0.05, 0.1) is 6.61 Å². The van der Waals surface area contributed by atoms with E-state index in [9.17, 15) is 4.79 Å². The molecule has 90 valence electrons. The summed E-state index contributed by atoms with van der Waals surface area (Å²) in [5.74, 6) is -0.603. The molecule has 8 heteroatoms. The Morgan fingerprint density at radius 1 is 1.47 bits per heavy atom. The van der Waals surface area contributed by atoms with Gasteiger partial charge in [-0.25, -0.2) is 0 Å². The van der Waals surface area contributed by atoms with Crippen molar-refractivity contribution in [2.24, 2.45) is 5.73 Å². The summed E-state index contributed by atoms with van der Waals surface area (Å²) in [6.07, 6.45) is -0.132. The number of hydrogen-bond acceptors (Lipinski definition) is 3. The van der Waals surface area contributed by atoms with Gasteiger partial charge in [-0.05, 0) is 22.9 Å². The zero-order valence-electron chi connectivity index (χ0n) is 7.78. The molecule has 0 saturated carbocycles. The second-order valence-corrected chi connectivity index (χ2v) is 7.68. The zero-order valence-corrected chi connectivity index (χ0v) is 12.4. The average Bonchev–Trinajstić information content (AvgIpc) is 2.01. The predicted molar refractivity (Wildman–Crippen MR) is 67.0 cm³/mol. The molecule has 0 radical (unpaired) electrons. The van der Waals surface area contributed by atoms with Gasteiger partial charge in [-0.15, -0.1) is 0 Å². The first-order chi connectivity index (χ1) is 6.62. The van der Waals surface area contributed by atoms with Crippen LogP contribution in [0.2, 0.25) is 0 Å². The molecule has 0 aromatic heterocycles. The van der Waals surface area contributed by atoms with Crippen LogP contribution < -0.4 is 5.73 Å². The Kier molecular flexibility index (Phi) is 6.56. The monoisotopic (exact) mass is 359 g/mol. The standard InChI is InChI=1S/C7H10BrCl4NO2/c1-2-15-5(14)4(13)3-6(9,10)7(8,11)12/h4H,2-3,13H2,1H3. The van der Waals surface area contributed by atoms with Gasteiger partial charge in [-0.3, -0.25) is 4.79 Å². The minimum absolute atomic E-state index is 0.132. The third kappa shape index (κ3) is 5.29. The van der Waals surface area contributed by atoms with Crippen molar-refractivity contribution in [2.75, 3.05) is 6.61 Å². The normalized spacial score (nSPS) is 14.9. The summed E-state index contributed by atoms with van der Waals surface area (Å²) in [4.78, 5) is 11.2. The fourth-order valence-electron chi connectivity index (χ4n) is 0.725. The van der Waals surface area contributed by atoms with Crippen molar-refractivity contribution in [1.82, 2.24) is 0 Å². The van der Waals surface area contributed by atoms with Crippen molar-refractivity contribution in [3.63, 3.8) is 0 Å². The van der Waals surface area contributed by atoms with E-state index in [1.165, 1.54) is 0 Å². The zero-order chi connectivity index (χ0) is 12.3. The van der Waals surface area contributed by atoms with Crippen LogP contribution in [0.25, 0.3) is 0 Å². The highest BCUT2D eigenvalue weighted by Gasteiger charge is 2.47. The largest absolute Gasteiger partial charge is 0.465 e. The van der Waals surface area contributed by atoms with Gasteiger partial charge >= 0.3 is 5.97 Å². The van der Waals surface area contributed by atoms with Crippen molar-refractivity contribution in [2.45, 2.75) is 27.0 Å². The predicted octanol–water partition coefficient (Wildman–Crippen LogP) is 2.97. The van der Waals surface area contributed by atoms with Crippen molar-refractivity contribution in [3.8, 4) is 0 Å². The summed E-state index contributed by atoms with van der Waals surface area (Å²) in [6.45, 7) is 1.89. The molecular formula is C7H10BrCl4NO2. The van der Waals surface area contributed by atoms with E-state index in [2.05, 4.69) is 20.7 Å². The molecule has 15 heavy (non-hydrogen) atoms. The summed E-state index contributed by atoms with van der Waals surface area (Å²) in [7, 11) is 0. The third-order valence-corrected chi connectivity index (χ3v) is 4.52. The van der Waals surface area contributed by atoms with Crippen LogP contribution in [0.4, 0.5) is 0 Å². The number of rotatable bonds is 5. The highest BCUT2D eigenvalue weighted by molar-refractivity contribution is 9.11. The third-order valence-electron chi connectivity index (χ3n) is 1.48. The number of carbonyl (C=O) groups excluding carboxylic acids is 1. The quantitative estimate of drug-likeness (QED) is 0.605. The molecule has 0 amide bonds. The molecule has 1 atom stereocenters. The van der Waals surface area contributed by atoms with E-state index in [0.717, 1.165) is 0 Å². The molecule has 0 aliphatic carbocycles. The Morgan fingerprint density at radius 2 is 1.93 bits per heavy atom. The summed E-state index contributed by atoms with van der Waals surface area (Å²) < 4.78 is 1.49. The maximum absolute atomic E-state index is 11.2. The second-order valence-electron chi connectivity index (χ2n) is 2.76. The van der Waals surface area contributed by atoms with Crippen LogP contribution in [0.3, 0.4) is 0 Å². The first-order valence-electron chi connectivity index (χ1n) is 3.98. The molecule has 2 N–H and O–H groups in total. The van der Waals surface area contributed by atoms with Crippen molar-refractivity contribution in [1.29, 1.82) is 0 Å². The van der Waals surface area contributed by atoms with E-state index < -0.39 is 19.6 Å². The summed E-state index contributed by atoms with van der Waals surface area (Å²) in [5, 5.41) is 0. The number of hydrogen-bond donors (Lipinski definition) is 1. The first kappa shape index (κ1) is 16.1. The molecule has 0 spiro atoms. The molecule has 0 saturated heterocycles. The lowest BCUT2D eigenvalue weighted by atomic mass is 10.2. The van der Waals surface area contributed by atoms with Crippen LogP contribution in [0.15, 0.2) is 0 Å². The van der Waals surface area contributed by atoms with Gasteiger partial charge in [0, 0.05) is 6.42 Å². The lowest BCUT2D eigenvalue weighted by Gasteiger charge is -2.29. The van der Waals surface area contributed by atoms with Crippen LogP contribution in [-0.4, -0.2) is 26.2 Å². The van der Waals surface area contributed by atoms with Gasteiger partial charge in [0.1, 0.15) is 6.04 Å². The topological polar surface area (TPSA) is 52.3 Å². The number of halogens is 5. The number of nitrogens with two attached hydrogens (primary N) is 1. The Bertz CT molecular complexity index is 232. The van der Waals surface area contributed by atoms with Crippen molar-refractivity contribution >= 4 is 68.3 Å². The number of esters is 1. The second kappa shape index (κ2) is 6.12. The average molecular weight is 362 g/mol. The lowest BCUT2D eigenvalue weighted by Crippen LogP contribution is -2.42. The fourth-order valence-corrected chi connectivity index (χ4v) is 1.37. The van der Waals surface area contributed by atoms with E-state index in [0.29, 0.717) is 0 Å². The highest BCUT2D eigenvalue weighted by atomic mass is 79.9. The van der Waals surface area contributed by atoms with Crippen LogP contribution >= 0.6 is 62.3 Å². The van der Waals surface area contributed by atoms with Gasteiger partial charge < -0.3 is 10.5 Å². The van der Waals surface area contributed by atoms with Crippen molar-refractivity contribution < 1.29 is 9.53 Å². The number of carbonyl (C=O) groups is 1. The van der Waals surface area contributed by atoms with Gasteiger partial charge in [-0.2, -0.15) is 0 Å². The maximum Gasteiger partial charge on any atom is 0.323 e. The number of ether oxygens (including phenoxy) is 1. The van der Waals surface area contributed by atoms with Crippen LogP contribution in [0.1, 0.15) is 13.3 Å². The summed E-state index contributed by atoms with van der Waals surface area (Å²) >= 11 is 25.8. The fraction of sp³-hybridized carbons (Fsp3) is 0.857. The van der Waals surface area contributed by atoms with Gasteiger partial charge in [0.25, 0.3) is 0 Å². The molecule has 0 aliphatic heterocycles. The minimum Gasteiger partial charge on any atom is -0.465 e. The molecule has 0 rings (SSSR count). The van der Waals surface area contributed by atoms with Gasteiger partial charge in [0.15, 0.2) is 4.33 Å². The molecule has 3 nitrogen and oxygen atoms in total. The molecule has 0 bridgehead atoms. The maximum atomic E-state index is 11.2. The number of alkyl halides is 5. The van der Waals surface area contributed by atoms with E-state index in [-0.39, 0.29) is 13.0 Å². The van der Waals surface area contributed by atoms with E-state index >= 15 is 0 Å². The highest BCUT2D eigenvalue weighted by Crippen LogP contribution is 2.49. The molecule has 0 aromatic rings. The smallest absolute Gasteiger partial charge is 0.323 e. The summed E-state index contributed by atoms with van der Waals surface area (Å²) in [6, 6.07) is -0.977. The van der Waals surface area contributed by atoms with E-state index in [1.54, 1.807) is 6.92 Å². The van der Waals surface area contributed by atoms with E-state index in [4.69, 9.17) is 52.1 Å². The lowest BCUT2D eigenvalue weighted by molar-refractivity contribution is -0.144. The first-order valence-corrected chi connectivity index (χ1v) is 6.29. The van der Waals surface area contributed by atoms with Crippen LogP contribution in [-0.2, 0) is 9.53 Å². The van der Waals surface area contributed by atoms with Crippen LogP contribution in [0.5, 0.6) is 0 Å². The Morgan fingerprint density at radius 3 is 2.27 bits per heavy atom. The van der Waals surface area contributed by atoms with Gasteiger partial charge in [0.2, 0.25) is 3.24 Å². The molecular weight excluding hydrogens is 352 g/mol. The summed E-state index contributed by atoms with van der Waals surface area (Å²) in [5.41, 5.74) is 5.50. The van der Waals surface area contributed by atoms with Crippen molar-refractivity contribution in [3.05, 3.63) is 0 Å². The molecule has 0 heterocycles. The molecule has 0 aliphatic rings.